The number of ether oxygens (including phenoxy) is 2. The van der Waals surface area contributed by atoms with Crippen LogP contribution in [0.4, 0.5) is 0 Å². The molecule has 2 aromatic heterocycles. The lowest BCUT2D eigenvalue weighted by Gasteiger charge is -2.20. The number of nitrogens with zero attached hydrogens (tertiary/aromatic N) is 2. The van der Waals surface area contributed by atoms with Gasteiger partial charge in [0, 0.05) is 39.8 Å². The molecule has 11 heteroatoms. The van der Waals surface area contributed by atoms with E-state index in [1.807, 2.05) is 50.2 Å². The number of carbonyl (C=O) groups is 2. The van der Waals surface area contributed by atoms with Gasteiger partial charge >= 0.3 is 5.97 Å². The van der Waals surface area contributed by atoms with Crippen molar-refractivity contribution < 1.29 is 24.2 Å². The van der Waals surface area contributed by atoms with Crippen LogP contribution in [0.1, 0.15) is 76.6 Å². The number of rotatable bonds is 16. The number of hydrogen-bond acceptors (Lipinski definition) is 8. The van der Waals surface area contributed by atoms with Crippen LogP contribution in [0.15, 0.2) is 60.9 Å². The van der Waals surface area contributed by atoms with Crippen molar-refractivity contribution in [3.05, 3.63) is 81.3 Å². The summed E-state index contributed by atoms with van der Waals surface area (Å²) in [5, 5.41) is 15.8. The lowest BCUT2D eigenvalue weighted by atomic mass is 9.95. The number of halogens is 1. The van der Waals surface area contributed by atoms with Crippen molar-refractivity contribution in [1.29, 1.82) is 0 Å². The zero-order valence-corrected chi connectivity index (χ0v) is 30.9. The van der Waals surface area contributed by atoms with E-state index in [-0.39, 0.29) is 17.4 Å². The molecule has 0 aliphatic rings. The average molecular weight is 707 g/mol. The molecule has 0 unspecified atom stereocenters. The number of carbonyl (C=O) groups excluding carboxylic acids is 1. The number of benzene rings is 2. The number of aromatic nitrogens is 2. The molecule has 0 saturated heterocycles. The second-order valence-corrected chi connectivity index (χ2v) is 14.9. The minimum absolute atomic E-state index is 0.0384. The number of thiophene rings is 1. The fraction of sp³-hybridized carbons (Fsp3) is 0.421. The van der Waals surface area contributed by atoms with Gasteiger partial charge in [-0.1, -0.05) is 70.0 Å². The number of carboxylic acids is 1. The number of aliphatic carboxylic acids is 1. The van der Waals surface area contributed by atoms with Crippen LogP contribution in [0, 0.1) is 0 Å². The summed E-state index contributed by atoms with van der Waals surface area (Å²) in [6.45, 7) is 15.0. The molecule has 0 radical (unpaired) electrons. The zero-order valence-electron chi connectivity index (χ0n) is 29.3. The summed E-state index contributed by atoms with van der Waals surface area (Å²) in [5.41, 5.74) is 3.37. The van der Waals surface area contributed by atoms with Crippen LogP contribution in [0.2, 0.25) is 5.02 Å². The number of amides is 1. The summed E-state index contributed by atoms with van der Waals surface area (Å²) in [6.07, 6.45) is 5.75. The highest BCUT2D eigenvalue weighted by molar-refractivity contribution is 7.12. The maximum absolute atomic E-state index is 13.2. The smallest absolute Gasteiger partial charge is 0.325 e. The summed E-state index contributed by atoms with van der Waals surface area (Å²) in [7, 11) is 0. The van der Waals surface area contributed by atoms with Crippen molar-refractivity contribution in [3.8, 4) is 34.0 Å². The normalized spacial score (nSPS) is 12.8. The van der Waals surface area contributed by atoms with E-state index in [1.165, 1.54) is 11.8 Å². The van der Waals surface area contributed by atoms with E-state index in [0.29, 0.717) is 41.9 Å². The maximum atomic E-state index is 13.2. The molecule has 1 amide bonds. The van der Waals surface area contributed by atoms with Crippen LogP contribution in [0.5, 0.6) is 11.5 Å². The fourth-order valence-electron chi connectivity index (χ4n) is 4.90. The molecule has 0 spiro atoms. The van der Waals surface area contributed by atoms with Crippen molar-refractivity contribution in [2.45, 2.75) is 97.9 Å². The number of unbranched alkanes of at least 4 members (excludes halogenated alkanes) is 1. The van der Waals surface area contributed by atoms with Gasteiger partial charge in [-0.2, -0.15) is 0 Å². The number of nitrogens with one attached hydrogen (secondary N) is 2. The van der Waals surface area contributed by atoms with Gasteiger partial charge in [0.05, 0.1) is 23.8 Å². The molecule has 0 aliphatic carbocycles. The van der Waals surface area contributed by atoms with Crippen LogP contribution in [-0.2, 0) is 28.0 Å². The van der Waals surface area contributed by atoms with E-state index in [0.717, 1.165) is 40.0 Å². The van der Waals surface area contributed by atoms with Crippen molar-refractivity contribution in [1.82, 2.24) is 20.6 Å². The van der Waals surface area contributed by atoms with Gasteiger partial charge in [-0.15, -0.1) is 11.3 Å². The number of hydrogen-bond donors (Lipinski definition) is 3. The number of carboxylic acid groups (broad SMARTS) is 1. The van der Waals surface area contributed by atoms with Gasteiger partial charge in [-0.25, -0.2) is 9.97 Å². The standard InChI is InChI=1S/C38H47ClN4O5S/c1-8-9-16-47-32-19-27(18-30(39)34(32)48-23(2)3)28-20-41-35(42-21-28)26-12-10-25(11-13-26)17-31(36(44)43-24(4)37(45)46)40-22-29-14-15-33(49-29)38(5,6)7/h10-15,18-21,23-24,31,40H,8-9,16-17,22H2,1-7H3,(H,43,44)(H,45,46)/t24-,31+/m1/s1. The van der Waals surface area contributed by atoms with E-state index in [1.54, 1.807) is 23.7 Å². The van der Waals surface area contributed by atoms with Crippen molar-refractivity contribution in [2.24, 2.45) is 0 Å². The lowest BCUT2D eigenvalue weighted by molar-refractivity contribution is -0.141. The summed E-state index contributed by atoms with van der Waals surface area (Å²) < 4.78 is 12.0. The fourth-order valence-corrected chi connectivity index (χ4v) is 6.18. The molecule has 2 atom stereocenters. The quantitative estimate of drug-likeness (QED) is 0.100. The lowest BCUT2D eigenvalue weighted by Crippen LogP contribution is -2.49. The van der Waals surface area contributed by atoms with Crippen LogP contribution in [0.3, 0.4) is 0 Å². The molecule has 4 rings (SSSR count). The van der Waals surface area contributed by atoms with E-state index in [4.69, 9.17) is 21.1 Å². The maximum Gasteiger partial charge on any atom is 0.325 e. The predicted octanol–water partition coefficient (Wildman–Crippen LogP) is 8.08. The van der Waals surface area contributed by atoms with Gasteiger partial charge < -0.3 is 25.2 Å². The Hall–Kier alpha value is -3.99. The first kappa shape index (κ1) is 37.8. The second-order valence-electron chi connectivity index (χ2n) is 13.4. The summed E-state index contributed by atoms with van der Waals surface area (Å²) in [4.78, 5) is 36.2. The first-order valence-corrected chi connectivity index (χ1v) is 17.8. The minimum atomic E-state index is -1.09. The first-order valence-electron chi connectivity index (χ1n) is 16.7. The Morgan fingerprint density at radius 2 is 1.67 bits per heavy atom. The molecule has 49 heavy (non-hydrogen) atoms. The molecular formula is C38H47ClN4O5S. The van der Waals surface area contributed by atoms with Gasteiger partial charge in [0.15, 0.2) is 17.3 Å². The third-order valence-electron chi connectivity index (χ3n) is 7.72. The molecular weight excluding hydrogens is 660 g/mol. The molecule has 0 bridgehead atoms. The molecule has 4 aromatic rings. The topological polar surface area (TPSA) is 123 Å². The van der Waals surface area contributed by atoms with Gasteiger partial charge in [0.25, 0.3) is 0 Å². The average Bonchev–Trinajstić information content (AvgIpc) is 3.55. The van der Waals surface area contributed by atoms with Crippen LogP contribution >= 0.6 is 22.9 Å². The van der Waals surface area contributed by atoms with Crippen molar-refractivity contribution in [3.63, 3.8) is 0 Å². The van der Waals surface area contributed by atoms with E-state index < -0.39 is 18.1 Å². The molecule has 3 N–H and O–H groups in total. The Kier molecular flexibility index (Phi) is 13.2. The Balaban J connectivity index is 1.49. The highest BCUT2D eigenvalue weighted by Crippen LogP contribution is 2.40. The molecule has 9 nitrogen and oxygen atoms in total. The summed E-state index contributed by atoms with van der Waals surface area (Å²) in [5.74, 6) is 0.218. The molecule has 0 fully saturated rings. The summed E-state index contributed by atoms with van der Waals surface area (Å²) in [6, 6.07) is 14.0. The summed E-state index contributed by atoms with van der Waals surface area (Å²) >= 11 is 8.35. The van der Waals surface area contributed by atoms with E-state index in [2.05, 4.69) is 60.4 Å². The monoisotopic (exact) mass is 706 g/mol. The zero-order chi connectivity index (χ0) is 35.7. The van der Waals surface area contributed by atoms with E-state index in [9.17, 15) is 14.7 Å². The second kappa shape index (κ2) is 17.1. The highest BCUT2D eigenvalue weighted by atomic mass is 35.5. The third-order valence-corrected chi connectivity index (χ3v) is 9.52. The van der Waals surface area contributed by atoms with Gasteiger partial charge in [-0.05, 0) is 74.4 Å². The molecule has 0 aliphatic heterocycles. The van der Waals surface area contributed by atoms with Gasteiger partial charge in [0.1, 0.15) is 6.04 Å². The Morgan fingerprint density at radius 1 is 0.980 bits per heavy atom. The van der Waals surface area contributed by atoms with Crippen LogP contribution in [0.25, 0.3) is 22.5 Å². The van der Waals surface area contributed by atoms with Crippen LogP contribution in [-0.4, -0.2) is 51.7 Å². The Morgan fingerprint density at radius 3 is 2.27 bits per heavy atom. The van der Waals surface area contributed by atoms with E-state index >= 15 is 0 Å². The highest BCUT2D eigenvalue weighted by Gasteiger charge is 2.24. The van der Waals surface area contributed by atoms with Gasteiger partial charge in [0.2, 0.25) is 5.91 Å². The first-order chi connectivity index (χ1) is 23.2. The Labute approximate surface area is 298 Å². The largest absolute Gasteiger partial charge is 0.490 e. The molecule has 262 valence electrons. The molecule has 2 heterocycles. The minimum Gasteiger partial charge on any atom is -0.490 e. The van der Waals surface area contributed by atoms with Crippen molar-refractivity contribution >= 4 is 34.8 Å². The molecule has 0 saturated carbocycles. The van der Waals surface area contributed by atoms with Gasteiger partial charge in [-0.3, -0.25) is 9.59 Å². The van der Waals surface area contributed by atoms with Crippen LogP contribution < -0.4 is 20.1 Å². The Bertz CT molecular complexity index is 1700. The molecule has 2 aromatic carbocycles. The predicted molar refractivity (Wildman–Crippen MR) is 197 cm³/mol. The SMILES string of the molecule is CCCCOc1cc(-c2cnc(-c3ccc(C[C@H](NCc4ccc(C(C)(C)C)s4)C(=O)N[C@H](C)C(=O)O)cc3)nc2)cc(Cl)c1OC(C)C. The third kappa shape index (κ3) is 10.7. The van der Waals surface area contributed by atoms with Crippen molar-refractivity contribution in [2.75, 3.05) is 6.61 Å².